The van der Waals surface area contributed by atoms with Gasteiger partial charge in [-0.2, -0.15) is 0 Å². The normalized spacial score (nSPS) is 12.8. The van der Waals surface area contributed by atoms with Gasteiger partial charge in [-0.15, -0.1) is 0 Å². The molecular formula is C41H80O4. The summed E-state index contributed by atoms with van der Waals surface area (Å²) in [6, 6.07) is 0. The van der Waals surface area contributed by atoms with Crippen LogP contribution < -0.4 is 0 Å². The summed E-state index contributed by atoms with van der Waals surface area (Å²) in [7, 11) is 0. The summed E-state index contributed by atoms with van der Waals surface area (Å²) in [5, 5.41) is 19.4. The molecule has 0 spiro atoms. The van der Waals surface area contributed by atoms with Crippen molar-refractivity contribution in [2.24, 2.45) is 11.8 Å². The van der Waals surface area contributed by atoms with Crippen molar-refractivity contribution >= 4 is 11.9 Å². The smallest absolute Gasteiger partial charge is 0.306 e. The van der Waals surface area contributed by atoms with Gasteiger partial charge in [0.15, 0.2) is 0 Å². The van der Waals surface area contributed by atoms with Gasteiger partial charge in [0.2, 0.25) is 0 Å². The van der Waals surface area contributed by atoms with Crippen LogP contribution in [0, 0.1) is 11.8 Å². The third-order valence-corrected chi connectivity index (χ3v) is 10.1. The van der Waals surface area contributed by atoms with Crippen LogP contribution >= 0.6 is 0 Å². The van der Waals surface area contributed by atoms with Gasteiger partial charge in [-0.05, 0) is 18.8 Å². The van der Waals surface area contributed by atoms with Crippen molar-refractivity contribution in [1.29, 1.82) is 0 Å². The van der Waals surface area contributed by atoms with E-state index in [0.29, 0.717) is 6.42 Å². The van der Waals surface area contributed by atoms with E-state index in [1.807, 2.05) is 0 Å². The van der Waals surface area contributed by atoms with Crippen molar-refractivity contribution in [2.75, 3.05) is 0 Å². The highest BCUT2D eigenvalue weighted by Gasteiger charge is 2.29. The van der Waals surface area contributed by atoms with Gasteiger partial charge < -0.3 is 10.2 Å². The molecular weight excluding hydrogens is 556 g/mol. The Labute approximate surface area is 281 Å². The lowest BCUT2D eigenvalue weighted by molar-refractivity contribution is -0.146. The number of aliphatic carboxylic acids is 2. The summed E-state index contributed by atoms with van der Waals surface area (Å²) < 4.78 is 0. The van der Waals surface area contributed by atoms with Gasteiger partial charge in [-0.1, -0.05) is 219 Å². The average Bonchev–Trinajstić information content (AvgIpc) is 3.01. The first-order valence-corrected chi connectivity index (χ1v) is 20.5. The fourth-order valence-corrected chi connectivity index (χ4v) is 7.10. The van der Waals surface area contributed by atoms with Gasteiger partial charge in [0.1, 0.15) is 0 Å². The highest BCUT2D eigenvalue weighted by molar-refractivity contribution is 5.72. The molecule has 2 unspecified atom stereocenters. The van der Waals surface area contributed by atoms with Gasteiger partial charge >= 0.3 is 11.9 Å². The van der Waals surface area contributed by atoms with Crippen LogP contribution in [0.5, 0.6) is 0 Å². The molecule has 0 aliphatic carbocycles. The van der Waals surface area contributed by atoms with Crippen molar-refractivity contribution in [3.63, 3.8) is 0 Å². The quantitative estimate of drug-likeness (QED) is 0.0661. The van der Waals surface area contributed by atoms with Crippen molar-refractivity contribution < 1.29 is 19.8 Å². The molecule has 0 heterocycles. The molecule has 0 aromatic heterocycles. The summed E-state index contributed by atoms with van der Waals surface area (Å²) in [6.07, 6.45) is 43.3. The first-order valence-electron chi connectivity index (χ1n) is 20.5. The van der Waals surface area contributed by atoms with E-state index in [4.69, 9.17) is 0 Å². The van der Waals surface area contributed by atoms with E-state index in [2.05, 4.69) is 13.8 Å². The molecule has 0 saturated heterocycles. The average molecular weight is 637 g/mol. The number of hydrogen-bond acceptors (Lipinski definition) is 2. The minimum atomic E-state index is -0.852. The predicted molar refractivity (Wildman–Crippen MR) is 195 cm³/mol. The summed E-state index contributed by atoms with van der Waals surface area (Å²) >= 11 is 0. The zero-order valence-electron chi connectivity index (χ0n) is 30.6. The molecule has 2 atom stereocenters. The second kappa shape index (κ2) is 35.8. The molecule has 0 fully saturated rings. The maximum Gasteiger partial charge on any atom is 0.306 e. The van der Waals surface area contributed by atoms with Crippen molar-refractivity contribution in [1.82, 2.24) is 0 Å². The Hall–Kier alpha value is -1.06. The Balaban J connectivity index is 3.84. The van der Waals surface area contributed by atoms with Crippen LogP contribution in [0.25, 0.3) is 0 Å². The summed E-state index contributed by atoms with van der Waals surface area (Å²) in [5.74, 6) is -2.39. The van der Waals surface area contributed by atoms with Crippen LogP contribution in [-0.4, -0.2) is 22.2 Å². The Morgan fingerprint density at radius 2 is 0.622 bits per heavy atom. The Morgan fingerprint density at radius 1 is 0.378 bits per heavy atom. The van der Waals surface area contributed by atoms with E-state index in [1.54, 1.807) is 0 Å². The summed E-state index contributed by atoms with van der Waals surface area (Å²) in [5.41, 5.74) is 0. The third kappa shape index (κ3) is 32.7. The fraction of sp³-hybridized carbons (Fsp3) is 0.951. The minimum absolute atomic E-state index is 0.00539. The van der Waals surface area contributed by atoms with Crippen LogP contribution in [0.15, 0.2) is 0 Å². The van der Waals surface area contributed by atoms with Crippen LogP contribution in [0.1, 0.15) is 239 Å². The van der Waals surface area contributed by atoms with Gasteiger partial charge in [-0.3, -0.25) is 9.59 Å². The van der Waals surface area contributed by atoms with E-state index in [-0.39, 0.29) is 12.3 Å². The van der Waals surface area contributed by atoms with E-state index < -0.39 is 17.9 Å². The first-order chi connectivity index (χ1) is 22.0. The van der Waals surface area contributed by atoms with Gasteiger partial charge in [-0.25, -0.2) is 0 Å². The van der Waals surface area contributed by atoms with Crippen LogP contribution in [0.4, 0.5) is 0 Å². The lowest BCUT2D eigenvalue weighted by atomic mass is 9.82. The van der Waals surface area contributed by atoms with E-state index >= 15 is 0 Å². The van der Waals surface area contributed by atoms with E-state index in [9.17, 15) is 19.8 Å². The van der Waals surface area contributed by atoms with Crippen LogP contribution in [0.3, 0.4) is 0 Å². The zero-order valence-corrected chi connectivity index (χ0v) is 30.6. The molecule has 2 N–H and O–H groups in total. The van der Waals surface area contributed by atoms with Gasteiger partial charge in [0, 0.05) is 6.42 Å². The standard InChI is InChI=1S/C41H80O4/c1-3-5-7-9-11-13-15-17-19-21-23-25-27-29-31-33-35-38(37-40(42)43)39(41(44)45)36-34-32-30-28-26-24-22-20-18-16-14-12-10-8-6-4-2/h38-39H,3-37H2,1-2H3,(H,42,43)(H,44,45). The number of unbranched alkanes of at least 4 members (excludes halogenated alkanes) is 30. The molecule has 4 nitrogen and oxygen atoms in total. The molecule has 45 heavy (non-hydrogen) atoms. The van der Waals surface area contributed by atoms with Gasteiger partial charge in [0.25, 0.3) is 0 Å². The number of carboxylic acids is 2. The maximum absolute atomic E-state index is 12.1. The van der Waals surface area contributed by atoms with Crippen molar-refractivity contribution in [3.05, 3.63) is 0 Å². The molecule has 0 bridgehead atoms. The monoisotopic (exact) mass is 637 g/mol. The molecule has 0 rings (SSSR count). The van der Waals surface area contributed by atoms with Crippen LogP contribution in [0.2, 0.25) is 0 Å². The fourth-order valence-electron chi connectivity index (χ4n) is 7.10. The predicted octanol–water partition coefficient (Wildman–Crippen LogP) is 14.1. The van der Waals surface area contributed by atoms with Crippen LogP contribution in [-0.2, 0) is 9.59 Å². The van der Waals surface area contributed by atoms with Gasteiger partial charge in [0.05, 0.1) is 5.92 Å². The molecule has 0 aliphatic heterocycles. The second-order valence-electron chi connectivity index (χ2n) is 14.5. The Bertz CT molecular complexity index is 619. The first kappa shape index (κ1) is 43.9. The summed E-state index contributed by atoms with van der Waals surface area (Å²) in [6.45, 7) is 4.55. The zero-order chi connectivity index (χ0) is 33.1. The maximum atomic E-state index is 12.1. The number of carboxylic acid groups (broad SMARTS) is 2. The van der Waals surface area contributed by atoms with Crippen molar-refractivity contribution in [3.8, 4) is 0 Å². The highest BCUT2D eigenvalue weighted by Crippen LogP contribution is 2.29. The summed E-state index contributed by atoms with van der Waals surface area (Å²) in [4.78, 5) is 23.6. The number of rotatable bonds is 38. The SMILES string of the molecule is CCCCCCCCCCCCCCCCCCC(CC(=O)O)C(CCCCCCCCCCCCCCCCCC)C(=O)O. The molecule has 268 valence electrons. The third-order valence-electron chi connectivity index (χ3n) is 10.1. The van der Waals surface area contributed by atoms with Crippen molar-refractivity contribution in [2.45, 2.75) is 239 Å². The van der Waals surface area contributed by atoms with E-state index in [0.717, 1.165) is 32.1 Å². The molecule has 0 amide bonds. The lowest BCUT2D eigenvalue weighted by Crippen LogP contribution is -2.26. The topological polar surface area (TPSA) is 74.6 Å². The molecule has 0 aromatic carbocycles. The molecule has 0 saturated carbocycles. The number of carbonyl (C=O) groups is 2. The molecule has 0 radical (unpaired) electrons. The minimum Gasteiger partial charge on any atom is -0.481 e. The number of hydrogen-bond donors (Lipinski definition) is 2. The largest absolute Gasteiger partial charge is 0.481 e. The molecule has 4 heteroatoms. The lowest BCUT2D eigenvalue weighted by Gasteiger charge is -2.23. The highest BCUT2D eigenvalue weighted by atomic mass is 16.4. The molecule has 0 aromatic rings. The Kier molecular flexibility index (Phi) is 34.9. The second-order valence-corrected chi connectivity index (χ2v) is 14.5. The van der Waals surface area contributed by atoms with E-state index in [1.165, 1.54) is 180 Å². The Morgan fingerprint density at radius 3 is 0.867 bits per heavy atom. The molecule has 0 aliphatic rings.